The molecule has 0 heterocycles. The van der Waals surface area contributed by atoms with Crippen molar-refractivity contribution in [2.24, 2.45) is 0 Å². The molecule has 0 fully saturated rings. The third-order valence-corrected chi connectivity index (χ3v) is 1.34. The molecule has 1 heteroatoms. The summed E-state index contributed by atoms with van der Waals surface area (Å²) in [5.74, 6) is 2.46. The lowest BCUT2D eigenvalue weighted by molar-refractivity contribution is 0.767. The van der Waals surface area contributed by atoms with E-state index in [1.165, 1.54) is 0 Å². The first-order valence-electron chi connectivity index (χ1n) is 2.29. The Bertz CT molecular complexity index is 86.8. The molecule has 0 aromatic heterocycles. The summed E-state index contributed by atoms with van der Waals surface area (Å²) in [7, 11) is 0. The van der Waals surface area contributed by atoms with Gasteiger partial charge in [-0.05, 0) is 13.3 Å². The van der Waals surface area contributed by atoms with Crippen LogP contribution in [0.25, 0.3) is 0 Å². The molecule has 0 aliphatic carbocycles. The van der Waals surface area contributed by atoms with E-state index in [-0.39, 0.29) is 0 Å². The van der Waals surface area contributed by atoms with Gasteiger partial charge in [-0.3, -0.25) is 0 Å². The largest absolute Gasteiger partial charge is 0.118 e. The summed E-state index contributed by atoms with van der Waals surface area (Å²) in [6.07, 6.45) is 5.86. The lowest BCUT2D eigenvalue weighted by Gasteiger charge is -2.08. The first-order chi connectivity index (χ1) is 3.12. The summed E-state index contributed by atoms with van der Waals surface area (Å²) in [6, 6.07) is 0. The highest BCUT2D eigenvalue weighted by Gasteiger charge is 2.11. The minimum atomic E-state index is -0.417. The molecule has 0 saturated heterocycles. The van der Waals surface area contributed by atoms with E-state index in [0.717, 1.165) is 6.42 Å². The van der Waals surface area contributed by atoms with Crippen LogP contribution in [0.1, 0.15) is 20.3 Å². The van der Waals surface area contributed by atoms with Gasteiger partial charge in [-0.2, -0.15) is 0 Å². The molecule has 1 unspecified atom stereocenters. The fourth-order valence-corrected chi connectivity index (χ4v) is 0.102. The van der Waals surface area contributed by atoms with Crippen LogP contribution in [0.5, 0.6) is 0 Å². The van der Waals surface area contributed by atoms with Gasteiger partial charge in [-0.1, -0.05) is 12.8 Å². The van der Waals surface area contributed by atoms with Crippen molar-refractivity contribution in [3.05, 3.63) is 0 Å². The molecule has 0 bridgehead atoms. The molecule has 0 rings (SSSR count). The Labute approximate surface area is 49.9 Å². The van der Waals surface area contributed by atoms with Crippen LogP contribution in [0.15, 0.2) is 0 Å². The lowest BCUT2D eigenvalue weighted by Crippen LogP contribution is -2.09. The maximum absolute atomic E-state index is 5.67. The van der Waals surface area contributed by atoms with Gasteiger partial charge in [0.15, 0.2) is 0 Å². The molecule has 0 N–H and O–H groups in total. The number of hydrogen-bond donors (Lipinski definition) is 0. The molecule has 0 aliphatic rings. The SMILES string of the molecule is C#CC(C)(Cl)CC. The zero-order valence-electron chi connectivity index (χ0n) is 4.66. The molecule has 0 aromatic carbocycles. The molecule has 0 spiro atoms. The molecular weight excluding hydrogens is 108 g/mol. The molecule has 0 radical (unpaired) electrons. The molecule has 7 heavy (non-hydrogen) atoms. The molecule has 0 aromatic rings. The van der Waals surface area contributed by atoms with Crippen molar-refractivity contribution >= 4 is 11.6 Å². The highest BCUT2D eigenvalue weighted by Crippen LogP contribution is 2.15. The standard InChI is InChI=1S/C6H9Cl/c1-4-6(3,7)5-2/h1H,5H2,2-3H3. The Kier molecular flexibility index (Phi) is 2.19. The van der Waals surface area contributed by atoms with Crippen LogP contribution in [0.2, 0.25) is 0 Å². The first kappa shape index (κ1) is 6.85. The second-order valence-corrected chi connectivity index (χ2v) is 2.53. The van der Waals surface area contributed by atoms with E-state index < -0.39 is 4.87 Å². The van der Waals surface area contributed by atoms with Crippen LogP contribution in [0.4, 0.5) is 0 Å². The summed E-state index contributed by atoms with van der Waals surface area (Å²) in [4.78, 5) is -0.417. The predicted octanol–water partition coefficient (Wildman–Crippen LogP) is 2.03. The van der Waals surface area contributed by atoms with Gasteiger partial charge in [0.1, 0.15) is 4.87 Å². The monoisotopic (exact) mass is 116 g/mol. The molecule has 0 aliphatic heterocycles. The fourth-order valence-electron chi connectivity index (χ4n) is 0.102. The van der Waals surface area contributed by atoms with Crippen LogP contribution < -0.4 is 0 Å². The summed E-state index contributed by atoms with van der Waals surface area (Å²) in [5, 5.41) is 0. The molecule has 0 amide bonds. The Balaban J connectivity index is 3.66. The number of rotatable bonds is 1. The van der Waals surface area contributed by atoms with E-state index in [9.17, 15) is 0 Å². The normalized spacial score (nSPS) is 17.4. The number of halogens is 1. The Morgan fingerprint density at radius 3 is 2.29 bits per heavy atom. The van der Waals surface area contributed by atoms with Crippen molar-refractivity contribution in [3.8, 4) is 12.3 Å². The second kappa shape index (κ2) is 2.23. The van der Waals surface area contributed by atoms with E-state index in [2.05, 4.69) is 5.92 Å². The van der Waals surface area contributed by atoms with Crippen molar-refractivity contribution in [1.82, 2.24) is 0 Å². The van der Waals surface area contributed by atoms with Gasteiger partial charge in [0.25, 0.3) is 0 Å². The maximum Gasteiger partial charge on any atom is 0.102 e. The van der Waals surface area contributed by atoms with Gasteiger partial charge in [-0.25, -0.2) is 0 Å². The van der Waals surface area contributed by atoms with Crippen LogP contribution in [-0.2, 0) is 0 Å². The van der Waals surface area contributed by atoms with Gasteiger partial charge in [0.05, 0.1) is 0 Å². The minimum absolute atomic E-state index is 0.417. The van der Waals surface area contributed by atoms with Gasteiger partial charge in [0.2, 0.25) is 0 Å². The highest BCUT2D eigenvalue weighted by molar-refractivity contribution is 6.25. The Morgan fingerprint density at radius 1 is 1.86 bits per heavy atom. The highest BCUT2D eigenvalue weighted by atomic mass is 35.5. The van der Waals surface area contributed by atoms with E-state index in [0.29, 0.717) is 0 Å². The van der Waals surface area contributed by atoms with Crippen LogP contribution in [0.3, 0.4) is 0 Å². The predicted molar refractivity (Wildman–Crippen MR) is 33.4 cm³/mol. The van der Waals surface area contributed by atoms with Gasteiger partial charge in [0, 0.05) is 0 Å². The average molecular weight is 117 g/mol. The third kappa shape index (κ3) is 2.53. The van der Waals surface area contributed by atoms with Crippen molar-refractivity contribution < 1.29 is 0 Å². The topological polar surface area (TPSA) is 0 Å². The molecular formula is C6H9Cl. The summed E-state index contributed by atoms with van der Waals surface area (Å²) in [5.41, 5.74) is 0. The second-order valence-electron chi connectivity index (χ2n) is 1.70. The molecule has 0 nitrogen and oxygen atoms in total. The summed E-state index contributed by atoms with van der Waals surface area (Å²) < 4.78 is 0. The maximum atomic E-state index is 5.67. The summed E-state index contributed by atoms with van der Waals surface area (Å²) in [6.45, 7) is 3.79. The van der Waals surface area contributed by atoms with Crippen molar-refractivity contribution in [2.45, 2.75) is 25.1 Å². The molecule has 0 saturated carbocycles. The number of hydrogen-bond acceptors (Lipinski definition) is 0. The van der Waals surface area contributed by atoms with Crippen molar-refractivity contribution in [2.75, 3.05) is 0 Å². The number of alkyl halides is 1. The minimum Gasteiger partial charge on any atom is -0.118 e. The quantitative estimate of drug-likeness (QED) is 0.363. The van der Waals surface area contributed by atoms with E-state index >= 15 is 0 Å². The lowest BCUT2D eigenvalue weighted by atomic mass is 10.1. The van der Waals surface area contributed by atoms with E-state index in [1.807, 2.05) is 13.8 Å². The van der Waals surface area contributed by atoms with E-state index in [4.69, 9.17) is 18.0 Å². The van der Waals surface area contributed by atoms with Crippen LogP contribution >= 0.6 is 11.6 Å². The Morgan fingerprint density at radius 2 is 2.29 bits per heavy atom. The van der Waals surface area contributed by atoms with E-state index in [1.54, 1.807) is 0 Å². The van der Waals surface area contributed by atoms with Crippen molar-refractivity contribution in [1.29, 1.82) is 0 Å². The first-order valence-corrected chi connectivity index (χ1v) is 2.67. The Hall–Kier alpha value is -0.150. The van der Waals surface area contributed by atoms with Gasteiger partial charge >= 0.3 is 0 Å². The number of terminal acetylenes is 1. The van der Waals surface area contributed by atoms with Gasteiger partial charge < -0.3 is 0 Å². The zero-order valence-corrected chi connectivity index (χ0v) is 5.42. The van der Waals surface area contributed by atoms with Crippen LogP contribution in [-0.4, -0.2) is 4.87 Å². The van der Waals surface area contributed by atoms with Crippen LogP contribution in [0, 0.1) is 12.3 Å². The summed E-state index contributed by atoms with van der Waals surface area (Å²) >= 11 is 5.67. The van der Waals surface area contributed by atoms with Gasteiger partial charge in [-0.15, -0.1) is 18.0 Å². The molecule has 1 atom stereocenters. The fraction of sp³-hybridized carbons (Fsp3) is 0.667. The third-order valence-electron chi connectivity index (χ3n) is 0.965. The zero-order chi connectivity index (χ0) is 5.91. The smallest absolute Gasteiger partial charge is 0.102 e. The molecule has 40 valence electrons. The average Bonchev–Trinajstić information content (AvgIpc) is 1.68. The van der Waals surface area contributed by atoms with Crippen molar-refractivity contribution in [3.63, 3.8) is 0 Å².